The number of hydrogen-bond acceptors (Lipinski definition) is 7. The lowest BCUT2D eigenvalue weighted by Crippen LogP contribution is -2.35. The van der Waals surface area contributed by atoms with Gasteiger partial charge in [-0.25, -0.2) is 0 Å². The first-order valence-electron chi connectivity index (χ1n) is 17.9. The quantitative estimate of drug-likeness (QED) is 0.149. The van der Waals surface area contributed by atoms with Crippen LogP contribution >= 0.6 is 0 Å². The highest BCUT2D eigenvalue weighted by Crippen LogP contribution is 2.45. The van der Waals surface area contributed by atoms with E-state index in [9.17, 15) is 4.79 Å². The van der Waals surface area contributed by atoms with Gasteiger partial charge >= 0.3 is 0 Å². The van der Waals surface area contributed by atoms with Gasteiger partial charge in [0.25, 0.3) is 0 Å². The molecule has 1 saturated carbocycles. The number of carbonyl (C=O) groups excluding carboxylic acids is 1. The van der Waals surface area contributed by atoms with E-state index in [0.717, 1.165) is 103 Å². The topological polar surface area (TPSA) is 84.5 Å². The smallest absolute Gasteiger partial charge is 0.219 e. The Bertz CT molecular complexity index is 1000. The predicted octanol–water partition coefficient (Wildman–Crippen LogP) is 6.85. The molecule has 1 aliphatic carbocycles. The van der Waals surface area contributed by atoms with Crippen molar-refractivity contribution in [2.45, 2.75) is 134 Å². The van der Waals surface area contributed by atoms with E-state index in [1.807, 2.05) is 6.92 Å². The van der Waals surface area contributed by atoms with Gasteiger partial charge in [0, 0.05) is 45.4 Å². The highest BCUT2D eigenvalue weighted by atomic mass is 16.7. The van der Waals surface area contributed by atoms with E-state index in [4.69, 9.17) is 28.4 Å². The minimum Gasteiger partial charge on any atom is -0.356 e. The van der Waals surface area contributed by atoms with Crippen molar-refractivity contribution >= 4 is 5.91 Å². The van der Waals surface area contributed by atoms with Gasteiger partial charge in [-0.15, -0.1) is 0 Å². The van der Waals surface area contributed by atoms with Crippen LogP contribution in [0.25, 0.3) is 0 Å². The van der Waals surface area contributed by atoms with E-state index in [-0.39, 0.29) is 42.5 Å². The van der Waals surface area contributed by atoms with Crippen molar-refractivity contribution in [2.24, 2.45) is 11.8 Å². The second-order valence-electron chi connectivity index (χ2n) is 13.2. The van der Waals surface area contributed by atoms with Crippen LogP contribution in [0.4, 0.5) is 0 Å². The molecule has 1 aromatic rings. The van der Waals surface area contributed by atoms with E-state index in [1.54, 1.807) is 0 Å². The number of unbranched alkanes of at least 4 members (excludes halogenated alkanes) is 1. The summed E-state index contributed by atoms with van der Waals surface area (Å²) in [6.45, 7) is 5.46. The Kier molecular flexibility index (Phi) is 14.2. The van der Waals surface area contributed by atoms with E-state index >= 15 is 0 Å². The molecule has 2 unspecified atom stereocenters. The monoisotopic (exact) mass is 627 g/mol. The summed E-state index contributed by atoms with van der Waals surface area (Å²) in [5.41, 5.74) is 1.31. The predicted molar refractivity (Wildman–Crippen MR) is 173 cm³/mol. The molecule has 6 atom stereocenters. The second-order valence-corrected chi connectivity index (χ2v) is 13.2. The Hall–Kier alpha value is -1.81. The van der Waals surface area contributed by atoms with Crippen LogP contribution in [0, 0.1) is 11.8 Å². The van der Waals surface area contributed by atoms with Crippen molar-refractivity contribution in [3.05, 3.63) is 48.0 Å². The minimum atomic E-state index is -0.563. The molecular weight excluding hydrogens is 570 g/mol. The van der Waals surface area contributed by atoms with Gasteiger partial charge in [-0.1, -0.05) is 42.5 Å². The van der Waals surface area contributed by atoms with E-state index in [1.165, 1.54) is 5.56 Å². The average Bonchev–Trinajstić information content (AvgIpc) is 3.67. The highest BCUT2D eigenvalue weighted by Gasteiger charge is 2.47. The van der Waals surface area contributed by atoms with Gasteiger partial charge in [0.15, 0.2) is 18.4 Å². The third-order valence-electron chi connectivity index (χ3n) is 9.93. The molecule has 3 saturated heterocycles. The number of amides is 1. The molecule has 3 aliphatic heterocycles. The number of ether oxygens (including phenoxy) is 6. The van der Waals surface area contributed by atoms with E-state index < -0.39 is 5.79 Å². The molecule has 0 radical (unpaired) electrons. The minimum absolute atomic E-state index is 0.0467. The summed E-state index contributed by atoms with van der Waals surface area (Å²) >= 11 is 0. The molecular formula is C37H57NO7. The third kappa shape index (κ3) is 10.9. The van der Waals surface area contributed by atoms with Crippen LogP contribution in [-0.2, 0) is 39.6 Å². The number of allylic oxidation sites excluding steroid dienone is 2. The summed E-state index contributed by atoms with van der Waals surface area (Å²) in [7, 11) is 0. The van der Waals surface area contributed by atoms with E-state index in [2.05, 4.69) is 47.8 Å². The Labute approximate surface area is 270 Å². The fourth-order valence-corrected chi connectivity index (χ4v) is 7.51. The Morgan fingerprint density at radius 1 is 0.889 bits per heavy atom. The molecule has 0 aromatic heterocycles. The van der Waals surface area contributed by atoms with Crippen molar-refractivity contribution in [1.29, 1.82) is 0 Å². The Morgan fingerprint density at radius 2 is 1.58 bits per heavy atom. The summed E-state index contributed by atoms with van der Waals surface area (Å²) in [4.78, 5) is 11.9. The van der Waals surface area contributed by atoms with E-state index in [0.29, 0.717) is 26.2 Å². The van der Waals surface area contributed by atoms with Gasteiger partial charge in [-0.05, 0) is 95.0 Å². The molecule has 1 aromatic carbocycles. The van der Waals surface area contributed by atoms with Crippen LogP contribution in [0.1, 0.15) is 102 Å². The molecule has 0 bridgehead atoms. The van der Waals surface area contributed by atoms with Crippen molar-refractivity contribution in [3.63, 3.8) is 0 Å². The number of benzene rings is 1. The van der Waals surface area contributed by atoms with Crippen LogP contribution < -0.4 is 5.32 Å². The molecule has 4 aliphatic rings. The first-order chi connectivity index (χ1) is 22.1. The molecule has 1 N–H and O–H groups in total. The lowest BCUT2D eigenvalue weighted by Gasteiger charge is -2.34. The number of nitrogens with one attached hydrogen (secondary N) is 1. The van der Waals surface area contributed by atoms with Gasteiger partial charge in [-0.3, -0.25) is 4.79 Å². The largest absolute Gasteiger partial charge is 0.356 e. The summed E-state index contributed by atoms with van der Waals surface area (Å²) < 4.78 is 38.4. The van der Waals surface area contributed by atoms with Crippen LogP contribution in [0.3, 0.4) is 0 Å². The lowest BCUT2D eigenvalue weighted by molar-refractivity contribution is -0.205. The fraction of sp³-hybridized carbons (Fsp3) is 0.757. The third-order valence-corrected chi connectivity index (χ3v) is 9.93. The SMILES string of the molecule is CCNC(=O)CCCC=CC[C@@H]1[C@@H](CCC2(CCc3ccccc3)OCCO2)[C@H](OC2CCCCO2)C[C@@H]1OC1CCCCO1. The molecule has 252 valence electrons. The molecule has 5 rings (SSSR count). The van der Waals surface area contributed by atoms with Gasteiger partial charge in [0.05, 0.1) is 25.4 Å². The standard InChI is InChI=1S/C37H57NO7/c1-2-38-34(39)17-9-4-3-8-16-30-31(21-23-37(42-26-27-43-37)22-20-29-14-6-5-7-15-29)33(45-36-19-11-13-25-41-36)28-32(30)44-35-18-10-12-24-40-35/h3,5-8,14-15,30-33,35-36H,2,4,9-13,16-28H2,1H3,(H,38,39)/t30-,31-,32+,33-,35?,36?/m1/s1. The first-order valence-corrected chi connectivity index (χ1v) is 17.9. The van der Waals surface area contributed by atoms with Crippen LogP contribution in [-0.4, -0.2) is 69.5 Å². The Morgan fingerprint density at radius 3 is 2.22 bits per heavy atom. The number of aryl methyl sites for hydroxylation is 1. The normalized spacial score (nSPS) is 30.2. The zero-order chi connectivity index (χ0) is 31.2. The molecule has 8 nitrogen and oxygen atoms in total. The van der Waals surface area contributed by atoms with Gasteiger partial charge in [0.1, 0.15) is 0 Å². The van der Waals surface area contributed by atoms with Crippen molar-refractivity contribution in [1.82, 2.24) is 5.32 Å². The summed E-state index contributed by atoms with van der Waals surface area (Å²) in [5.74, 6) is 0.138. The first kappa shape index (κ1) is 34.5. The Balaban J connectivity index is 1.28. The zero-order valence-electron chi connectivity index (χ0n) is 27.5. The molecule has 4 fully saturated rings. The zero-order valence-corrected chi connectivity index (χ0v) is 27.5. The highest BCUT2D eigenvalue weighted by molar-refractivity contribution is 5.75. The van der Waals surface area contributed by atoms with Gasteiger partial charge in [-0.2, -0.15) is 0 Å². The van der Waals surface area contributed by atoms with Crippen LogP contribution in [0.2, 0.25) is 0 Å². The molecule has 3 heterocycles. The van der Waals surface area contributed by atoms with Crippen molar-refractivity contribution in [3.8, 4) is 0 Å². The number of carbonyl (C=O) groups is 1. The van der Waals surface area contributed by atoms with Crippen LogP contribution in [0.5, 0.6) is 0 Å². The number of hydrogen-bond donors (Lipinski definition) is 1. The summed E-state index contributed by atoms with van der Waals surface area (Å²) in [6.07, 6.45) is 18.4. The fourth-order valence-electron chi connectivity index (χ4n) is 7.51. The number of rotatable bonds is 17. The maximum absolute atomic E-state index is 11.9. The van der Waals surface area contributed by atoms with Crippen molar-refractivity contribution in [2.75, 3.05) is 33.0 Å². The van der Waals surface area contributed by atoms with Crippen LogP contribution in [0.15, 0.2) is 42.5 Å². The molecule has 45 heavy (non-hydrogen) atoms. The average molecular weight is 628 g/mol. The maximum Gasteiger partial charge on any atom is 0.219 e. The maximum atomic E-state index is 11.9. The van der Waals surface area contributed by atoms with Crippen molar-refractivity contribution < 1.29 is 33.2 Å². The van der Waals surface area contributed by atoms with Gasteiger partial charge in [0.2, 0.25) is 5.91 Å². The second kappa shape index (κ2) is 18.5. The summed E-state index contributed by atoms with van der Waals surface area (Å²) in [5, 5.41) is 2.89. The molecule has 8 heteroatoms. The summed E-state index contributed by atoms with van der Waals surface area (Å²) in [6, 6.07) is 10.6. The lowest BCUT2D eigenvalue weighted by atomic mass is 9.84. The van der Waals surface area contributed by atoms with Gasteiger partial charge < -0.3 is 33.7 Å². The molecule has 1 amide bonds. The molecule has 0 spiro atoms.